The minimum absolute atomic E-state index is 0.0168. The highest BCUT2D eigenvalue weighted by Gasteiger charge is 2.31. The summed E-state index contributed by atoms with van der Waals surface area (Å²) in [7, 11) is 1.67. The van der Waals surface area contributed by atoms with Crippen LogP contribution in [0.25, 0.3) is 10.9 Å². The Labute approximate surface area is 150 Å². The van der Waals surface area contributed by atoms with Gasteiger partial charge in [-0.25, -0.2) is 0 Å². The predicted molar refractivity (Wildman–Crippen MR) is 92.3 cm³/mol. The molecule has 2 aromatic carbocycles. The number of rotatable bonds is 2. The van der Waals surface area contributed by atoms with Gasteiger partial charge in [-0.15, -0.1) is 0 Å². The smallest absolute Gasteiger partial charge is 0.340 e. The van der Waals surface area contributed by atoms with Gasteiger partial charge >= 0.3 is 6.18 Å². The van der Waals surface area contributed by atoms with E-state index in [2.05, 4.69) is 5.32 Å². The van der Waals surface area contributed by atoms with E-state index < -0.39 is 17.6 Å². The number of halogens is 5. The maximum absolute atomic E-state index is 12.8. The molecule has 0 unspecified atom stereocenters. The topological polar surface area (TPSA) is 34.0 Å². The Hall–Kier alpha value is -2.18. The maximum Gasteiger partial charge on any atom is 0.416 e. The highest BCUT2D eigenvalue weighted by Crippen LogP contribution is 2.34. The number of anilines is 1. The molecule has 1 heterocycles. The molecule has 3 rings (SSSR count). The molecule has 25 heavy (non-hydrogen) atoms. The third kappa shape index (κ3) is 3.45. The molecule has 0 saturated carbocycles. The molecule has 8 heteroatoms. The van der Waals surface area contributed by atoms with Crippen molar-refractivity contribution in [3.63, 3.8) is 0 Å². The van der Waals surface area contributed by atoms with Crippen LogP contribution in [0.5, 0.6) is 0 Å². The van der Waals surface area contributed by atoms with E-state index in [1.807, 2.05) is 0 Å². The summed E-state index contributed by atoms with van der Waals surface area (Å²) in [5, 5.41) is 3.75. The fraction of sp³-hybridized carbons (Fsp3) is 0.118. The fourth-order valence-corrected chi connectivity index (χ4v) is 2.84. The Bertz CT molecular complexity index is 980. The van der Waals surface area contributed by atoms with Crippen LogP contribution >= 0.6 is 23.2 Å². The molecule has 1 amide bonds. The molecular weight excluding hydrogens is 376 g/mol. The minimum Gasteiger partial charge on any atom is -0.340 e. The van der Waals surface area contributed by atoms with E-state index >= 15 is 0 Å². The van der Waals surface area contributed by atoms with Gasteiger partial charge in [0.15, 0.2) is 0 Å². The number of hydrogen-bond acceptors (Lipinski definition) is 1. The van der Waals surface area contributed by atoms with Crippen LogP contribution in [0.1, 0.15) is 16.1 Å². The zero-order chi connectivity index (χ0) is 18.4. The van der Waals surface area contributed by atoms with E-state index in [1.54, 1.807) is 35.9 Å². The number of aryl methyl sites for hydroxylation is 1. The molecule has 0 aliphatic carbocycles. The van der Waals surface area contributed by atoms with E-state index in [1.165, 1.54) is 0 Å². The number of hydrogen-bond donors (Lipinski definition) is 1. The van der Waals surface area contributed by atoms with E-state index in [4.69, 9.17) is 23.2 Å². The normalized spacial score (nSPS) is 11.8. The summed E-state index contributed by atoms with van der Waals surface area (Å²) < 4.78 is 40.1. The van der Waals surface area contributed by atoms with Crippen LogP contribution in [0.2, 0.25) is 10.0 Å². The molecule has 0 saturated heterocycles. The monoisotopic (exact) mass is 386 g/mol. The van der Waals surface area contributed by atoms with Crippen LogP contribution < -0.4 is 5.32 Å². The number of benzene rings is 2. The van der Waals surface area contributed by atoms with Gasteiger partial charge in [0.25, 0.3) is 5.91 Å². The average Bonchev–Trinajstić information content (AvgIpc) is 2.85. The van der Waals surface area contributed by atoms with Crippen molar-refractivity contribution < 1.29 is 18.0 Å². The van der Waals surface area contributed by atoms with Crippen LogP contribution in [0.15, 0.2) is 42.5 Å². The number of nitrogens with zero attached hydrogens (tertiary/aromatic N) is 1. The Morgan fingerprint density at radius 3 is 2.48 bits per heavy atom. The Kier molecular flexibility index (Phi) is 4.43. The molecule has 1 aromatic heterocycles. The average molecular weight is 387 g/mol. The molecule has 130 valence electrons. The van der Waals surface area contributed by atoms with Crippen molar-refractivity contribution in [2.45, 2.75) is 6.18 Å². The van der Waals surface area contributed by atoms with Crippen molar-refractivity contribution >= 4 is 45.7 Å². The number of amides is 1. The summed E-state index contributed by atoms with van der Waals surface area (Å²) in [6.45, 7) is 0. The second-order valence-electron chi connectivity index (χ2n) is 5.44. The number of nitrogens with one attached hydrogen (secondary N) is 1. The third-order valence-corrected chi connectivity index (χ3v) is 4.35. The van der Waals surface area contributed by atoms with Crippen LogP contribution in [0.4, 0.5) is 18.9 Å². The van der Waals surface area contributed by atoms with Crippen molar-refractivity contribution in [3.8, 4) is 0 Å². The van der Waals surface area contributed by atoms with Gasteiger partial charge in [-0.2, -0.15) is 13.2 Å². The van der Waals surface area contributed by atoms with Crippen molar-refractivity contribution in [1.82, 2.24) is 4.57 Å². The second-order valence-corrected chi connectivity index (χ2v) is 6.28. The SMILES string of the molecule is Cn1c(C(=O)Nc2cc(C(F)(F)F)ccc2Cl)cc2ccc(Cl)cc21. The number of fused-ring (bicyclic) bond motifs is 1. The van der Waals surface area contributed by atoms with Gasteiger partial charge in [0, 0.05) is 23.0 Å². The lowest BCUT2D eigenvalue weighted by Gasteiger charge is -2.12. The molecule has 3 nitrogen and oxygen atoms in total. The lowest BCUT2D eigenvalue weighted by atomic mass is 10.2. The summed E-state index contributed by atoms with van der Waals surface area (Å²) >= 11 is 11.9. The second kappa shape index (κ2) is 6.28. The van der Waals surface area contributed by atoms with Crippen molar-refractivity contribution in [3.05, 3.63) is 63.8 Å². The van der Waals surface area contributed by atoms with Gasteiger partial charge in [-0.1, -0.05) is 29.3 Å². The highest BCUT2D eigenvalue weighted by molar-refractivity contribution is 6.34. The first-order chi connectivity index (χ1) is 11.7. The molecule has 0 spiro atoms. The fourth-order valence-electron chi connectivity index (χ4n) is 2.50. The minimum atomic E-state index is -4.53. The number of alkyl halides is 3. The summed E-state index contributed by atoms with van der Waals surface area (Å²) in [6.07, 6.45) is -4.53. The lowest BCUT2D eigenvalue weighted by molar-refractivity contribution is -0.137. The zero-order valence-corrected chi connectivity index (χ0v) is 14.3. The van der Waals surface area contributed by atoms with Crippen LogP contribution in [-0.2, 0) is 13.2 Å². The number of carbonyl (C=O) groups is 1. The molecule has 0 bridgehead atoms. The molecule has 0 aliphatic heterocycles. The van der Waals surface area contributed by atoms with Crippen LogP contribution in [-0.4, -0.2) is 10.5 Å². The molecule has 1 N–H and O–H groups in total. The van der Waals surface area contributed by atoms with Crippen molar-refractivity contribution in [2.75, 3.05) is 5.32 Å². The molecule has 3 aromatic rings. The Morgan fingerprint density at radius 2 is 1.80 bits per heavy atom. The van der Waals surface area contributed by atoms with Gasteiger partial charge < -0.3 is 9.88 Å². The largest absolute Gasteiger partial charge is 0.416 e. The zero-order valence-electron chi connectivity index (χ0n) is 12.8. The van der Waals surface area contributed by atoms with Gasteiger partial charge in [0.2, 0.25) is 0 Å². The molecule has 0 atom stereocenters. The number of aromatic nitrogens is 1. The van der Waals surface area contributed by atoms with E-state index in [0.717, 1.165) is 29.1 Å². The standard InChI is InChI=1S/C17H11Cl2F3N2O/c1-24-14-8-11(18)4-2-9(14)6-15(24)16(25)23-13-7-10(17(20,21)22)3-5-12(13)19/h2-8H,1H3,(H,23,25). The van der Waals surface area contributed by atoms with Gasteiger partial charge in [0.05, 0.1) is 16.3 Å². The summed E-state index contributed by atoms with van der Waals surface area (Å²) in [4.78, 5) is 12.5. The molecule has 0 radical (unpaired) electrons. The molecular formula is C17H11Cl2F3N2O. The van der Waals surface area contributed by atoms with Gasteiger partial charge in [-0.3, -0.25) is 4.79 Å². The van der Waals surface area contributed by atoms with Gasteiger partial charge in [0.1, 0.15) is 5.69 Å². The summed E-state index contributed by atoms with van der Waals surface area (Å²) in [6, 6.07) is 9.53. The summed E-state index contributed by atoms with van der Waals surface area (Å²) in [5.74, 6) is -0.573. The Morgan fingerprint density at radius 1 is 1.08 bits per heavy atom. The van der Waals surface area contributed by atoms with Gasteiger partial charge in [-0.05, 0) is 36.4 Å². The lowest BCUT2D eigenvalue weighted by Crippen LogP contribution is -2.16. The summed E-state index contributed by atoms with van der Waals surface area (Å²) in [5.41, 5.74) is -0.000613. The third-order valence-electron chi connectivity index (χ3n) is 3.78. The van der Waals surface area contributed by atoms with Crippen LogP contribution in [0, 0.1) is 0 Å². The van der Waals surface area contributed by atoms with Crippen molar-refractivity contribution in [1.29, 1.82) is 0 Å². The van der Waals surface area contributed by atoms with Crippen molar-refractivity contribution in [2.24, 2.45) is 7.05 Å². The van der Waals surface area contributed by atoms with Crippen LogP contribution in [0.3, 0.4) is 0 Å². The predicted octanol–water partition coefficient (Wildman–Crippen LogP) is 5.76. The first-order valence-electron chi connectivity index (χ1n) is 7.10. The first-order valence-corrected chi connectivity index (χ1v) is 7.85. The first kappa shape index (κ1) is 17.6. The molecule has 0 aliphatic rings. The van der Waals surface area contributed by atoms with E-state index in [9.17, 15) is 18.0 Å². The van der Waals surface area contributed by atoms with E-state index in [-0.39, 0.29) is 16.4 Å². The quantitative estimate of drug-likeness (QED) is 0.597. The number of carbonyl (C=O) groups excluding carboxylic acids is 1. The Balaban J connectivity index is 1.97. The molecule has 0 fully saturated rings. The van der Waals surface area contributed by atoms with E-state index in [0.29, 0.717) is 5.02 Å². The highest BCUT2D eigenvalue weighted by atomic mass is 35.5. The maximum atomic E-state index is 12.8.